The molecule has 1 aromatic rings. The summed E-state index contributed by atoms with van der Waals surface area (Å²) in [5, 5.41) is 5.60. The predicted molar refractivity (Wildman–Crippen MR) is 94.9 cm³/mol. The van der Waals surface area contributed by atoms with Crippen molar-refractivity contribution in [3.05, 3.63) is 35.6 Å². The highest BCUT2D eigenvalue weighted by Crippen LogP contribution is 2.22. The first-order chi connectivity index (χ1) is 10.1. The van der Waals surface area contributed by atoms with Gasteiger partial charge in [-0.25, -0.2) is 4.39 Å². The topological polar surface area (TPSA) is 36.4 Å². The van der Waals surface area contributed by atoms with Crippen LogP contribution in [0, 0.1) is 5.82 Å². The first kappa shape index (κ1) is 21.9. The van der Waals surface area contributed by atoms with E-state index in [1.807, 2.05) is 13.8 Å². The number of guanidine groups is 1. The van der Waals surface area contributed by atoms with E-state index in [-0.39, 0.29) is 41.8 Å². The molecule has 0 atom stereocenters. The molecule has 8 heteroatoms. The van der Waals surface area contributed by atoms with Crippen LogP contribution in [0.4, 0.5) is 17.6 Å². The van der Waals surface area contributed by atoms with Gasteiger partial charge in [0.2, 0.25) is 0 Å². The van der Waals surface area contributed by atoms with Crippen molar-refractivity contribution in [2.75, 3.05) is 20.1 Å². The fourth-order valence-corrected chi connectivity index (χ4v) is 1.85. The highest BCUT2D eigenvalue weighted by atomic mass is 127. The molecule has 0 heterocycles. The molecule has 0 bridgehead atoms. The molecule has 0 saturated carbocycles. The van der Waals surface area contributed by atoms with E-state index in [0.29, 0.717) is 12.5 Å². The van der Waals surface area contributed by atoms with Crippen molar-refractivity contribution >= 4 is 29.9 Å². The number of benzene rings is 1. The molecule has 0 fully saturated rings. The van der Waals surface area contributed by atoms with Gasteiger partial charge in [-0.15, -0.1) is 24.0 Å². The standard InChI is InChI=1S/C15H21F4N3.HI/c1-14(2,11-4-6-12(16)7-5-11)10-22-13(20-3)21-9-8-15(17,18)19;/h4-7H,8-10H2,1-3H3,(H2,20,21,22);1H. The number of nitrogens with zero attached hydrogens (tertiary/aromatic N) is 1. The molecular formula is C15H22F4IN3. The van der Waals surface area contributed by atoms with Gasteiger partial charge in [-0.3, -0.25) is 4.99 Å². The van der Waals surface area contributed by atoms with Gasteiger partial charge in [0.1, 0.15) is 5.82 Å². The van der Waals surface area contributed by atoms with Crippen LogP contribution >= 0.6 is 24.0 Å². The van der Waals surface area contributed by atoms with Crippen LogP contribution < -0.4 is 10.6 Å². The Labute approximate surface area is 151 Å². The number of rotatable bonds is 5. The minimum atomic E-state index is -4.20. The second-order valence-electron chi connectivity index (χ2n) is 5.61. The van der Waals surface area contributed by atoms with Crippen molar-refractivity contribution in [2.45, 2.75) is 31.9 Å². The summed E-state index contributed by atoms with van der Waals surface area (Å²) in [6, 6.07) is 6.15. The first-order valence-corrected chi connectivity index (χ1v) is 6.91. The van der Waals surface area contributed by atoms with Gasteiger partial charge in [-0.05, 0) is 17.7 Å². The molecule has 1 aromatic carbocycles. The van der Waals surface area contributed by atoms with Crippen LogP contribution in [0.5, 0.6) is 0 Å². The van der Waals surface area contributed by atoms with Crippen LogP contribution in [0.3, 0.4) is 0 Å². The average Bonchev–Trinajstić information content (AvgIpc) is 2.42. The molecule has 0 aromatic heterocycles. The monoisotopic (exact) mass is 447 g/mol. The van der Waals surface area contributed by atoms with Gasteiger partial charge >= 0.3 is 6.18 Å². The highest BCUT2D eigenvalue weighted by Gasteiger charge is 2.26. The number of alkyl halides is 3. The van der Waals surface area contributed by atoms with E-state index in [4.69, 9.17) is 0 Å². The summed E-state index contributed by atoms with van der Waals surface area (Å²) < 4.78 is 49.3. The lowest BCUT2D eigenvalue weighted by Gasteiger charge is -2.27. The summed E-state index contributed by atoms with van der Waals surface area (Å²) >= 11 is 0. The van der Waals surface area contributed by atoms with Gasteiger partial charge in [0.25, 0.3) is 0 Å². The molecule has 0 amide bonds. The molecule has 2 N–H and O–H groups in total. The van der Waals surface area contributed by atoms with E-state index in [1.165, 1.54) is 19.2 Å². The number of hydrogen-bond acceptors (Lipinski definition) is 1. The molecule has 0 saturated heterocycles. The number of halogens is 5. The summed E-state index contributed by atoms with van der Waals surface area (Å²) in [7, 11) is 1.49. The molecule has 0 aliphatic heterocycles. The molecule has 1 rings (SSSR count). The quantitative estimate of drug-likeness (QED) is 0.312. The molecule has 0 aliphatic rings. The Morgan fingerprint density at radius 3 is 2.13 bits per heavy atom. The zero-order chi connectivity index (χ0) is 16.8. The van der Waals surface area contributed by atoms with E-state index >= 15 is 0 Å². The lowest BCUT2D eigenvalue weighted by atomic mass is 9.84. The van der Waals surface area contributed by atoms with Gasteiger partial charge in [-0.2, -0.15) is 13.2 Å². The van der Waals surface area contributed by atoms with Gasteiger partial charge in [0.05, 0.1) is 6.42 Å². The maximum absolute atomic E-state index is 12.9. The van der Waals surface area contributed by atoms with Crippen LogP contribution in [0.1, 0.15) is 25.8 Å². The third-order valence-corrected chi connectivity index (χ3v) is 3.25. The summed E-state index contributed by atoms with van der Waals surface area (Å²) in [6.45, 7) is 4.12. The molecular weight excluding hydrogens is 425 g/mol. The molecule has 0 aliphatic carbocycles. The van der Waals surface area contributed by atoms with Gasteiger partial charge in [-0.1, -0.05) is 26.0 Å². The predicted octanol–water partition coefficient (Wildman–Crippen LogP) is 3.84. The fraction of sp³-hybridized carbons (Fsp3) is 0.533. The van der Waals surface area contributed by atoms with Gasteiger partial charge in [0, 0.05) is 25.6 Å². The van der Waals surface area contributed by atoms with E-state index < -0.39 is 12.6 Å². The Balaban J connectivity index is 0.00000484. The third-order valence-electron chi connectivity index (χ3n) is 3.25. The van der Waals surface area contributed by atoms with Crippen LogP contribution in [0.15, 0.2) is 29.3 Å². The largest absolute Gasteiger partial charge is 0.390 e. The van der Waals surface area contributed by atoms with Crippen LogP contribution in [0.2, 0.25) is 0 Å². The van der Waals surface area contributed by atoms with Crippen LogP contribution in [-0.2, 0) is 5.41 Å². The molecule has 0 unspecified atom stereocenters. The Kier molecular flexibility index (Phi) is 8.86. The lowest BCUT2D eigenvalue weighted by Crippen LogP contribution is -2.44. The van der Waals surface area contributed by atoms with Crippen molar-refractivity contribution in [1.29, 1.82) is 0 Å². The summed E-state index contributed by atoms with van der Waals surface area (Å²) in [6.07, 6.45) is -5.12. The van der Waals surface area contributed by atoms with Crippen LogP contribution in [0.25, 0.3) is 0 Å². The smallest absolute Gasteiger partial charge is 0.356 e. The summed E-state index contributed by atoms with van der Waals surface area (Å²) in [5.41, 5.74) is 0.599. The molecule has 0 spiro atoms. The third kappa shape index (κ3) is 8.38. The van der Waals surface area contributed by atoms with Crippen molar-refractivity contribution in [3.8, 4) is 0 Å². The Morgan fingerprint density at radius 2 is 1.65 bits per heavy atom. The van der Waals surface area contributed by atoms with E-state index in [9.17, 15) is 17.6 Å². The Hall–Kier alpha value is -1.06. The Bertz CT molecular complexity index is 498. The summed E-state index contributed by atoms with van der Waals surface area (Å²) in [4.78, 5) is 3.89. The zero-order valence-corrected chi connectivity index (χ0v) is 15.6. The molecule has 23 heavy (non-hydrogen) atoms. The zero-order valence-electron chi connectivity index (χ0n) is 13.3. The van der Waals surface area contributed by atoms with E-state index in [0.717, 1.165) is 5.56 Å². The maximum atomic E-state index is 12.9. The number of hydrogen-bond donors (Lipinski definition) is 2. The second-order valence-corrected chi connectivity index (χ2v) is 5.61. The summed E-state index contributed by atoms with van der Waals surface area (Å²) in [5.74, 6) is -0.00317. The minimum Gasteiger partial charge on any atom is -0.356 e. The number of aliphatic imine (C=N–C) groups is 1. The van der Waals surface area contributed by atoms with E-state index in [2.05, 4.69) is 15.6 Å². The van der Waals surface area contributed by atoms with Crippen molar-refractivity contribution in [3.63, 3.8) is 0 Å². The van der Waals surface area contributed by atoms with E-state index in [1.54, 1.807) is 12.1 Å². The minimum absolute atomic E-state index is 0. The molecule has 0 radical (unpaired) electrons. The Morgan fingerprint density at radius 1 is 1.09 bits per heavy atom. The van der Waals surface area contributed by atoms with Gasteiger partial charge < -0.3 is 10.6 Å². The van der Waals surface area contributed by atoms with Gasteiger partial charge in [0.15, 0.2) is 5.96 Å². The SMILES string of the molecule is CN=C(NCCC(F)(F)F)NCC(C)(C)c1ccc(F)cc1.I. The molecule has 3 nitrogen and oxygen atoms in total. The first-order valence-electron chi connectivity index (χ1n) is 6.91. The number of nitrogens with one attached hydrogen (secondary N) is 2. The normalized spacial score (nSPS) is 12.6. The van der Waals surface area contributed by atoms with Crippen molar-refractivity contribution in [1.82, 2.24) is 10.6 Å². The van der Waals surface area contributed by atoms with Crippen molar-refractivity contribution < 1.29 is 17.6 Å². The maximum Gasteiger partial charge on any atom is 0.390 e. The lowest BCUT2D eigenvalue weighted by molar-refractivity contribution is -0.132. The van der Waals surface area contributed by atoms with Crippen molar-refractivity contribution in [2.24, 2.45) is 4.99 Å². The van der Waals surface area contributed by atoms with Crippen LogP contribution in [-0.4, -0.2) is 32.3 Å². The second kappa shape index (κ2) is 9.29. The average molecular weight is 447 g/mol. The molecule has 132 valence electrons. The fourth-order valence-electron chi connectivity index (χ4n) is 1.85. The highest BCUT2D eigenvalue weighted by molar-refractivity contribution is 14.0.